The van der Waals surface area contributed by atoms with Crippen molar-refractivity contribution in [3.8, 4) is 0 Å². The molecule has 0 spiro atoms. The van der Waals surface area contributed by atoms with Crippen molar-refractivity contribution in [2.24, 2.45) is 0 Å². The minimum absolute atomic E-state index is 0.872. The van der Waals surface area contributed by atoms with E-state index in [0.29, 0.717) is 0 Å². The molecule has 0 unspecified atom stereocenters. The molecule has 2 aliphatic rings. The molecule has 1 heteroatoms. The fourth-order valence-corrected chi connectivity index (χ4v) is 2.80. The summed E-state index contributed by atoms with van der Waals surface area (Å²) in [6.45, 7) is 7.56. The Morgan fingerprint density at radius 2 is 2.00 bits per heavy atom. The Hall–Kier alpha value is -0.980. The molecule has 1 saturated carbocycles. The number of anilines is 1. The van der Waals surface area contributed by atoms with Crippen LogP contribution in [0.25, 0.3) is 0 Å². The largest absolute Gasteiger partial charge is 0.368 e. The van der Waals surface area contributed by atoms with Crippen LogP contribution in [0.15, 0.2) is 18.2 Å². The minimum Gasteiger partial charge on any atom is -0.368 e. The number of aryl methyl sites for hydroxylation is 2. The molecule has 1 heterocycles. The molecule has 1 aromatic carbocycles. The molecule has 0 bridgehead atoms. The standard InChI is InChI=1S/C14H19N.C2H6/c1-2-11-5-3-6-12-7-4-10-15(14(11)12)13-8-9-13;1-2/h3,5-6,13H,2,4,7-10H2,1H3;1-2H3. The van der Waals surface area contributed by atoms with Gasteiger partial charge in [-0.2, -0.15) is 0 Å². The Balaban J connectivity index is 0.000000514. The molecular weight excluding hydrogens is 206 g/mol. The van der Waals surface area contributed by atoms with Gasteiger partial charge in [0.2, 0.25) is 0 Å². The van der Waals surface area contributed by atoms with Gasteiger partial charge in [0, 0.05) is 18.3 Å². The van der Waals surface area contributed by atoms with Crippen molar-refractivity contribution in [2.75, 3.05) is 11.4 Å². The Labute approximate surface area is 106 Å². The van der Waals surface area contributed by atoms with Gasteiger partial charge in [0.1, 0.15) is 0 Å². The number of rotatable bonds is 2. The van der Waals surface area contributed by atoms with Crippen molar-refractivity contribution in [1.82, 2.24) is 0 Å². The second kappa shape index (κ2) is 5.57. The van der Waals surface area contributed by atoms with E-state index in [4.69, 9.17) is 0 Å². The zero-order valence-corrected chi connectivity index (χ0v) is 11.5. The maximum absolute atomic E-state index is 2.68. The van der Waals surface area contributed by atoms with E-state index in [9.17, 15) is 0 Å². The third-order valence-electron chi connectivity index (χ3n) is 3.70. The summed E-state index contributed by atoms with van der Waals surface area (Å²) in [5.41, 5.74) is 4.74. The van der Waals surface area contributed by atoms with Crippen LogP contribution in [0.1, 0.15) is 51.2 Å². The first-order chi connectivity index (χ1) is 8.40. The molecular formula is C16H25N. The zero-order valence-electron chi connectivity index (χ0n) is 11.5. The molecule has 0 atom stereocenters. The second-order valence-electron chi connectivity index (χ2n) is 4.81. The molecule has 1 fully saturated rings. The fraction of sp³-hybridized carbons (Fsp3) is 0.625. The van der Waals surface area contributed by atoms with Gasteiger partial charge >= 0.3 is 0 Å². The fourth-order valence-electron chi connectivity index (χ4n) is 2.80. The maximum atomic E-state index is 2.68. The zero-order chi connectivity index (χ0) is 12.3. The molecule has 3 rings (SSSR count). The number of para-hydroxylation sites is 1. The first-order valence-electron chi connectivity index (χ1n) is 7.27. The first kappa shape index (κ1) is 12.5. The van der Waals surface area contributed by atoms with Crippen LogP contribution in [0.2, 0.25) is 0 Å². The van der Waals surface area contributed by atoms with Gasteiger partial charge in [-0.15, -0.1) is 0 Å². The van der Waals surface area contributed by atoms with Crippen molar-refractivity contribution in [3.05, 3.63) is 29.3 Å². The molecule has 17 heavy (non-hydrogen) atoms. The highest BCUT2D eigenvalue weighted by Crippen LogP contribution is 2.39. The average molecular weight is 231 g/mol. The van der Waals surface area contributed by atoms with Gasteiger partial charge in [0.05, 0.1) is 0 Å². The van der Waals surface area contributed by atoms with E-state index < -0.39 is 0 Å². The number of benzene rings is 1. The quantitative estimate of drug-likeness (QED) is 0.737. The summed E-state index contributed by atoms with van der Waals surface area (Å²) in [5.74, 6) is 0. The molecule has 1 aromatic rings. The lowest BCUT2D eigenvalue weighted by atomic mass is 9.96. The third-order valence-corrected chi connectivity index (χ3v) is 3.70. The Morgan fingerprint density at radius 3 is 2.65 bits per heavy atom. The average Bonchev–Trinajstić information content (AvgIpc) is 3.24. The van der Waals surface area contributed by atoms with Crippen molar-refractivity contribution in [2.45, 2.75) is 58.9 Å². The van der Waals surface area contributed by atoms with E-state index in [-0.39, 0.29) is 0 Å². The molecule has 0 saturated heterocycles. The molecule has 1 nitrogen and oxygen atoms in total. The number of fused-ring (bicyclic) bond motifs is 1. The van der Waals surface area contributed by atoms with Crippen LogP contribution in [0.3, 0.4) is 0 Å². The van der Waals surface area contributed by atoms with Crippen LogP contribution in [-0.2, 0) is 12.8 Å². The Kier molecular flexibility index (Phi) is 4.09. The van der Waals surface area contributed by atoms with Crippen LogP contribution >= 0.6 is 0 Å². The highest BCUT2D eigenvalue weighted by molar-refractivity contribution is 5.62. The van der Waals surface area contributed by atoms with Crippen LogP contribution in [0.5, 0.6) is 0 Å². The molecule has 0 amide bonds. The van der Waals surface area contributed by atoms with Crippen LogP contribution in [0, 0.1) is 0 Å². The number of hydrogen-bond acceptors (Lipinski definition) is 1. The minimum atomic E-state index is 0.872. The van der Waals surface area contributed by atoms with Gasteiger partial charge in [0.15, 0.2) is 0 Å². The summed E-state index contributed by atoms with van der Waals surface area (Å²) in [4.78, 5) is 2.68. The predicted octanol–water partition coefficient (Wildman–Crippen LogP) is 4.19. The van der Waals surface area contributed by atoms with Crippen molar-refractivity contribution >= 4 is 5.69 Å². The van der Waals surface area contributed by atoms with E-state index in [1.807, 2.05) is 13.8 Å². The van der Waals surface area contributed by atoms with Gasteiger partial charge in [-0.3, -0.25) is 0 Å². The summed E-state index contributed by atoms with van der Waals surface area (Å²) >= 11 is 0. The summed E-state index contributed by atoms with van der Waals surface area (Å²) in [6.07, 6.45) is 6.63. The Morgan fingerprint density at radius 1 is 1.24 bits per heavy atom. The van der Waals surface area contributed by atoms with Gasteiger partial charge in [-0.05, 0) is 43.2 Å². The van der Waals surface area contributed by atoms with Gasteiger partial charge in [0.25, 0.3) is 0 Å². The van der Waals surface area contributed by atoms with E-state index >= 15 is 0 Å². The maximum Gasteiger partial charge on any atom is 0.0433 e. The molecule has 0 radical (unpaired) electrons. The smallest absolute Gasteiger partial charge is 0.0433 e. The van der Waals surface area contributed by atoms with Crippen LogP contribution in [-0.4, -0.2) is 12.6 Å². The van der Waals surface area contributed by atoms with E-state index in [1.165, 1.54) is 38.6 Å². The van der Waals surface area contributed by atoms with Gasteiger partial charge in [-0.1, -0.05) is 39.0 Å². The molecule has 94 valence electrons. The van der Waals surface area contributed by atoms with E-state index in [2.05, 4.69) is 30.0 Å². The lowest BCUT2D eigenvalue weighted by Crippen LogP contribution is -2.32. The lowest BCUT2D eigenvalue weighted by molar-refractivity contribution is 0.683. The molecule has 0 N–H and O–H groups in total. The highest BCUT2D eigenvalue weighted by Gasteiger charge is 2.32. The summed E-state index contributed by atoms with van der Waals surface area (Å²) < 4.78 is 0. The lowest BCUT2D eigenvalue weighted by Gasteiger charge is -2.33. The third kappa shape index (κ3) is 2.48. The van der Waals surface area contributed by atoms with Crippen molar-refractivity contribution < 1.29 is 0 Å². The van der Waals surface area contributed by atoms with Gasteiger partial charge < -0.3 is 4.90 Å². The number of hydrogen-bond donors (Lipinski definition) is 0. The first-order valence-corrected chi connectivity index (χ1v) is 7.27. The SMILES string of the molecule is CC.CCc1cccc2c1N(C1CC1)CCC2. The number of nitrogens with zero attached hydrogens (tertiary/aromatic N) is 1. The van der Waals surface area contributed by atoms with Crippen molar-refractivity contribution in [1.29, 1.82) is 0 Å². The molecule has 0 aromatic heterocycles. The summed E-state index contributed by atoms with van der Waals surface area (Å²) in [7, 11) is 0. The van der Waals surface area contributed by atoms with Crippen LogP contribution in [0.4, 0.5) is 5.69 Å². The normalized spacial score (nSPS) is 18.2. The van der Waals surface area contributed by atoms with Gasteiger partial charge in [-0.25, -0.2) is 0 Å². The van der Waals surface area contributed by atoms with Crippen LogP contribution < -0.4 is 4.90 Å². The topological polar surface area (TPSA) is 3.24 Å². The predicted molar refractivity (Wildman–Crippen MR) is 75.9 cm³/mol. The van der Waals surface area contributed by atoms with E-state index in [0.717, 1.165) is 6.04 Å². The highest BCUT2D eigenvalue weighted by atomic mass is 15.2. The van der Waals surface area contributed by atoms with Crippen molar-refractivity contribution in [3.63, 3.8) is 0 Å². The summed E-state index contributed by atoms with van der Waals surface area (Å²) in [5, 5.41) is 0. The second-order valence-corrected chi connectivity index (χ2v) is 4.81. The monoisotopic (exact) mass is 231 g/mol. The molecule has 1 aliphatic carbocycles. The Bertz CT molecular complexity index is 352. The van der Waals surface area contributed by atoms with E-state index in [1.54, 1.807) is 16.8 Å². The summed E-state index contributed by atoms with van der Waals surface area (Å²) in [6, 6.07) is 7.73. The molecule has 1 aliphatic heterocycles.